The zero-order valence-electron chi connectivity index (χ0n) is 23.9. The Morgan fingerprint density at radius 1 is 0.791 bits per heavy atom. The molecule has 0 fully saturated rings. The van der Waals surface area contributed by atoms with Gasteiger partial charge < -0.3 is 13.8 Å². The molecule has 0 saturated heterocycles. The number of rotatable bonds is 12. The van der Waals surface area contributed by atoms with Crippen LogP contribution in [-0.4, -0.2) is 23.0 Å². The summed E-state index contributed by atoms with van der Waals surface area (Å²) in [5.74, 6) is 0.561. The van der Waals surface area contributed by atoms with E-state index < -0.39 is 19.3 Å². The summed E-state index contributed by atoms with van der Waals surface area (Å²) in [5.41, 5.74) is 3.04. The molecule has 10 heteroatoms. The van der Waals surface area contributed by atoms with E-state index in [0.29, 0.717) is 42.2 Å². The van der Waals surface area contributed by atoms with Gasteiger partial charge in [0, 0.05) is 10.9 Å². The lowest BCUT2D eigenvalue weighted by molar-refractivity contribution is -0.136. The molecule has 0 atom stereocenters. The van der Waals surface area contributed by atoms with Crippen molar-refractivity contribution in [1.82, 2.24) is 9.78 Å². The average molecular weight is 609 g/mol. The highest BCUT2D eigenvalue weighted by Crippen LogP contribution is 2.51. The van der Waals surface area contributed by atoms with E-state index >= 15 is 0 Å². The third-order valence-electron chi connectivity index (χ3n) is 6.81. The zero-order valence-corrected chi connectivity index (χ0v) is 24.8. The maximum Gasteiger partial charge on any atom is 0.418 e. The molecule has 43 heavy (non-hydrogen) atoms. The number of nitrogens with zero attached hydrogens (tertiary/aromatic N) is 2. The van der Waals surface area contributed by atoms with Crippen LogP contribution in [0.4, 0.5) is 13.2 Å². The van der Waals surface area contributed by atoms with Crippen LogP contribution in [0.1, 0.15) is 36.1 Å². The van der Waals surface area contributed by atoms with Gasteiger partial charge in [-0.2, -0.15) is 18.3 Å². The maximum atomic E-state index is 13.9. The Balaban J connectivity index is 1.40. The lowest BCUT2D eigenvalue weighted by Gasteiger charge is -2.17. The summed E-state index contributed by atoms with van der Waals surface area (Å²) in [4.78, 5) is 0. The molecule has 4 aromatic carbocycles. The zero-order chi connectivity index (χ0) is 30.5. The number of halogens is 3. The minimum atomic E-state index is -4.54. The predicted molar refractivity (Wildman–Crippen MR) is 161 cm³/mol. The number of hydrogen-bond acceptors (Lipinski definition) is 5. The molecule has 0 aliphatic carbocycles. The van der Waals surface area contributed by atoms with Gasteiger partial charge in [0.2, 0.25) is 0 Å². The molecule has 1 heterocycles. The summed E-state index contributed by atoms with van der Waals surface area (Å²) in [5, 5.41) is 4.86. The minimum absolute atomic E-state index is 0.0921. The van der Waals surface area contributed by atoms with E-state index in [9.17, 15) is 17.7 Å². The lowest BCUT2D eigenvalue weighted by Crippen LogP contribution is -2.06. The van der Waals surface area contributed by atoms with Gasteiger partial charge in [-0.15, -0.1) is 0 Å². The van der Waals surface area contributed by atoms with Crippen molar-refractivity contribution < 1.29 is 31.5 Å². The Labute approximate surface area is 248 Å². The highest BCUT2D eigenvalue weighted by atomic mass is 31.2. The summed E-state index contributed by atoms with van der Waals surface area (Å²) < 4.78 is 73.0. The highest BCUT2D eigenvalue weighted by Gasteiger charge is 2.34. The fourth-order valence-electron chi connectivity index (χ4n) is 4.94. The monoisotopic (exact) mass is 608 g/mol. The average Bonchev–Trinajstić information content (AvgIpc) is 3.35. The van der Waals surface area contributed by atoms with Crippen LogP contribution in [0, 0.1) is 0 Å². The van der Waals surface area contributed by atoms with Crippen molar-refractivity contribution >= 4 is 18.5 Å². The second kappa shape index (κ2) is 13.2. The number of benzene rings is 4. The molecule has 0 amide bonds. The standard InChI is InChI=1S/C33H32F3N2O4P/c1-3-41-43(39,42-4-2)23-26-18-16-25(17-19-26)22-40-28-13-8-12-27(20-28)32-29-14-9-15-30(33(34,35)36)31(29)37-38(32)21-24-10-6-5-7-11-24/h5-20H,3-4,21-23H2,1-2H3. The summed E-state index contributed by atoms with van der Waals surface area (Å²) in [6.07, 6.45) is -4.36. The Morgan fingerprint density at radius 3 is 2.14 bits per heavy atom. The topological polar surface area (TPSA) is 62.6 Å². The second-order valence-electron chi connectivity index (χ2n) is 9.93. The quantitative estimate of drug-likeness (QED) is 0.132. The molecule has 0 N–H and O–H groups in total. The number of fused-ring (bicyclic) bond motifs is 1. The van der Waals surface area contributed by atoms with Crippen molar-refractivity contribution in [2.75, 3.05) is 13.2 Å². The SMILES string of the molecule is CCOP(=O)(Cc1ccc(COc2cccc(-c3c4cccc(C(F)(F)F)c4nn3Cc3ccccc3)c2)cc1)OCC. The van der Waals surface area contributed by atoms with E-state index in [1.54, 1.807) is 30.7 Å². The minimum Gasteiger partial charge on any atom is -0.489 e. The first-order valence-electron chi connectivity index (χ1n) is 14.0. The van der Waals surface area contributed by atoms with Crippen LogP contribution in [0.25, 0.3) is 22.2 Å². The van der Waals surface area contributed by atoms with E-state index in [1.165, 1.54) is 6.07 Å². The van der Waals surface area contributed by atoms with Crippen molar-refractivity contribution in [3.63, 3.8) is 0 Å². The molecule has 0 radical (unpaired) electrons. The van der Waals surface area contributed by atoms with E-state index in [2.05, 4.69) is 5.10 Å². The molecule has 0 aliphatic heterocycles. The van der Waals surface area contributed by atoms with Crippen LogP contribution in [0.3, 0.4) is 0 Å². The molecule has 1 aromatic heterocycles. The van der Waals surface area contributed by atoms with Crippen LogP contribution in [0.2, 0.25) is 0 Å². The number of aromatic nitrogens is 2. The number of hydrogen-bond donors (Lipinski definition) is 0. The van der Waals surface area contributed by atoms with Crippen LogP contribution >= 0.6 is 7.60 Å². The van der Waals surface area contributed by atoms with Crippen LogP contribution < -0.4 is 4.74 Å². The number of ether oxygens (including phenoxy) is 1. The van der Waals surface area contributed by atoms with Gasteiger partial charge >= 0.3 is 13.8 Å². The number of alkyl halides is 3. The molecule has 0 bridgehead atoms. The smallest absolute Gasteiger partial charge is 0.418 e. The third-order valence-corrected chi connectivity index (χ3v) is 8.87. The molecule has 5 rings (SSSR count). The molecule has 224 valence electrons. The molecule has 5 aromatic rings. The van der Waals surface area contributed by atoms with Gasteiger partial charge in [0.15, 0.2) is 0 Å². The lowest BCUT2D eigenvalue weighted by atomic mass is 10.0. The fraction of sp³-hybridized carbons (Fsp3) is 0.242. The van der Waals surface area contributed by atoms with E-state index in [1.807, 2.05) is 72.8 Å². The largest absolute Gasteiger partial charge is 0.489 e. The first-order chi connectivity index (χ1) is 20.7. The van der Waals surface area contributed by atoms with Crippen molar-refractivity contribution in [2.45, 2.75) is 39.3 Å². The van der Waals surface area contributed by atoms with Gasteiger partial charge in [-0.05, 0) is 48.7 Å². The van der Waals surface area contributed by atoms with Crippen LogP contribution in [0.5, 0.6) is 5.75 Å². The first-order valence-corrected chi connectivity index (χ1v) is 15.7. The molecule has 0 spiro atoms. The Bertz CT molecular complexity index is 1710. The van der Waals surface area contributed by atoms with Gasteiger partial charge in [0.25, 0.3) is 0 Å². The Kier molecular flexibility index (Phi) is 9.35. The van der Waals surface area contributed by atoms with Crippen molar-refractivity contribution in [2.24, 2.45) is 0 Å². The van der Waals surface area contributed by atoms with Gasteiger partial charge in [-0.25, -0.2) is 0 Å². The molecule has 0 saturated carbocycles. The van der Waals surface area contributed by atoms with Crippen molar-refractivity contribution in [3.8, 4) is 17.0 Å². The Hall–Kier alpha value is -3.91. The van der Waals surface area contributed by atoms with Gasteiger partial charge in [0.1, 0.15) is 17.9 Å². The summed E-state index contributed by atoms with van der Waals surface area (Å²) in [6, 6.07) is 28.4. The Morgan fingerprint density at radius 2 is 1.47 bits per heavy atom. The molecule has 6 nitrogen and oxygen atoms in total. The van der Waals surface area contributed by atoms with Gasteiger partial charge in [-0.1, -0.05) is 78.9 Å². The normalized spacial score (nSPS) is 12.1. The van der Waals surface area contributed by atoms with Crippen LogP contribution in [0.15, 0.2) is 97.1 Å². The third kappa shape index (κ3) is 7.36. The van der Waals surface area contributed by atoms with Crippen LogP contribution in [-0.2, 0) is 39.1 Å². The van der Waals surface area contributed by atoms with Crippen molar-refractivity contribution in [1.29, 1.82) is 0 Å². The summed E-state index contributed by atoms with van der Waals surface area (Å²) in [7, 11) is -3.21. The molecule has 0 aliphatic rings. The van der Waals surface area contributed by atoms with E-state index in [-0.39, 0.29) is 18.3 Å². The maximum absolute atomic E-state index is 13.9. The van der Waals surface area contributed by atoms with Crippen molar-refractivity contribution in [3.05, 3.63) is 119 Å². The van der Waals surface area contributed by atoms with E-state index in [0.717, 1.165) is 22.8 Å². The first kappa shape index (κ1) is 30.5. The summed E-state index contributed by atoms with van der Waals surface area (Å²) >= 11 is 0. The summed E-state index contributed by atoms with van der Waals surface area (Å²) in [6.45, 7) is 4.73. The molecular weight excluding hydrogens is 576 g/mol. The fourth-order valence-corrected chi connectivity index (χ4v) is 6.64. The van der Waals surface area contributed by atoms with E-state index in [4.69, 9.17) is 13.8 Å². The highest BCUT2D eigenvalue weighted by molar-refractivity contribution is 7.53. The molecule has 0 unspecified atom stereocenters. The predicted octanol–water partition coefficient (Wildman–Crippen LogP) is 9.12. The van der Waals surface area contributed by atoms with Gasteiger partial charge in [-0.3, -0.25) is 9.25 Å². The molecular formula is C33H32F3N2O4P. The van der Waals surface area contributed by atoms with Gasteiger partial charge in [0.05, 0.1) is 37.2 Å². The second-order valence-corrected chi connectivity index (χ2v) is 12.0.